The molecule has 0 aliphatic carbocycles. The minimum Gasteiger partial charge on any atom is -0.480 e. The molecule has 8 heteroatoms. The van der Waals surface area contributed by atoms with Crippen LogP contribution in [-0.2, 0) is 25.6 Å². The smallest absolute Gasteiger partial charge is 0.327 e. The van der Waals surface area contributed by atoms with Crippen LogP contribution in [0.4, 0.5) is 0 Å². The molecule has 0 fully saturated rings. The van der Waals surface area contributed by atoms with Crippen molar-refractivity contribution in [2.75, 3.05) is 0 Å². The van der Waals surface area contributed by atoms with Crippen LogP contribution in [0.1, 0.15) is 149 Å². The number of imide groups is 1. The van der Waals surface area contributed by atoms with Crippen molar-refractivity contribution in [3.8, 4) is 0 Å². The lowest BCUT2D eigenvalue weighted by Gasteiger charge is -2.34. The second-order valence-corrected chi connectivity index (χ2v) is 15.0. The number of unbranched alkanes of at least 4 members (excludes halogenated alkanes) is 14. The third-order valence-corrected chi connectivity index (χ3v) is 9.62. The number of amides is 3. The SMILES string of the molecule is CCCCCCCCCCCCCCCCCC(=O)NC(Cc1cccc2ccccc12)C(=O)N(C(=O)C(N)CC(C)C)C(C(=O)O)C(C)C. The van der Waals surface area contributed by atoms with Crippen LogP contribution in [0.3, 0.4) is 0 Å². The van der Waals surface area contributed by atoms with Gasteiger partial charge in [0.05, 0.1) is 6.04 Å². The van der Waals surface area contributed by atoms with Crippen LogP contribution in [0, 0.1) is 11.8 Å². The first kappa shape index (κ1) is 42.9. The van der Waals surface area contributed by atoms with E-state index in [9.17, 15) is 24.3 Å². The fourth-order valence-corrected chi connectivity index (χ4v) is 6.85. The summed E-state index contributed by atoms with van der Waals surface area (Å²) >= 11 is 0. The van der Waals surface area contributed by atoms with Crippen LogP contribution in [0.25, 0.3) is 10.8 Å². The number of benzene rings is 2. The lowest BCUT2D eigenvalue weighted by atomic mass is 9.95. The Kier molecular flexibility index (Phi) is 20.6. The van der Waals surface area contributed by atoms with Gasteiger partial charge in [0.1, 0.15) is 12.1 Å². The molecule has 0 bridgehead atoms. The fourth-order valence-electron chi connectivity index (χ4n) is 6.85. The topological polar surface area (TPSA) is 130 Å². The molecular weight excluding hydrogens is 626 g/mol. The van der Waals surface area contributed by atoms with E-state index < -0.39 is 41.8 Å². The normalized spacial score (nSPS) is 13.4. The van der Waals surface area contributed by atoms with E-state index in [1.807, 2.05) is 56.3 Å². The Morgan fingerprint density at radius 2 is 1.24 bits per heavy atom. The standard InChI is InChI=1S/C42H67N3O5/c1-6-7-8-9-10-11-12-13-14-15-16-17-18-19-20-28-38(46)44-37(30-34-26-23-25-33-24-21-22-27-35(33)34)41(48)45(39(32(4)5)42(49)50)40(47)36(43)29-31(2)3/h21-27,31-32,36-37,39H,6-20,28-30,43H2,1-5H3,(H,44,46)(H,49,50). The molecule has 3 unspecified atom stereocenters. The van der Waals surface area contributed by atoms with Gasteiger partial charge < -0.3 is 16.2 Å². The molecule has 4 N–H and O–H groups in total. The predicted molar refractivity (Wildman–Crippen MR) is 205 cm³/mol. The van der Waals surface area contributed by atoms with Crippen molar-refractivity contribution in [1.82, 2.24) is 10.2 Å². The van der Waals surface area contributed by atoms with Crippen molar-refractivity contribution in [1.29, 1.82) is 0 Å². The molecule has 0 heterocycles. The Hall–Kier alpha value is -3.26. The predicted octanol–water partition coefficient (Wildman–Crippen LogP) is 8.97. The monoisotopic (exact) mass is 694 g/mol. The van der Waals surface area contributed by atoms with Gasteiger partial charge in [-0.15, -0.1) is 0 Å². The maximum Gasteiger partial charge on any atom is 0.327 e. The highest BCUT2D eigenvalue weighted by molar-refractivity contribution is 6.04. The zero-order valence-electron chi connectivity index (χ0n) is 31.8. The summed E-state index contributed by atoms with van der Waals surface area (Å²) in [5, 5.41) is 15.0. The van der Waals surface area contributed by atoms with E-state index in [0.29, 0.717) is 12.8 Å². The number of aliphatic carboxylic acids is 1. The minimum absolute atomic E-state index is 0.0642. The highest BCUT2D eigenvalue weighted by Gasteiger charge is 2.42. The van der Waals surface area contributed by atoms with E-state index in [4.69, 9.17) is 5.73 Å². The van der Waals surface area contributed by atoms with Gasteiger partial charge in [-0.2, -0.15) is 0 Å². The molecular formula is C42H67N3O5. The summed E-state index contributed by atoms with van der Waals surface area (Å²) < 4.78 is 0. The first-order chi connectivity index (χ1) is 24.0. The first-order valence-electron chi connectivity index (χ1n) is 19.6. The van der Waals surface area contributed by atoms with E-state index in [0.717, 1.165) is 40.5 Å². The van der Waals surface area contributed by atoms with E-state index >= 15 is 0 Å². The van der Waals surface area contributed by atoms with Crippen LogP contribution in [-0.4, -0.2) is 51.8 Å². The van der Waals surface area contributed by atoms with Crippen molar-refractivity contribution in [3.63, 3.8) is 0 Å². The van der Waals surface area contributed by atoms with E-state index in [1.165, 1.54) is 70.6 Å². The van der Waals surface area contributed by atoms with Crippen LogP contribution in [0.2, 0.25) is 0 Å². The van der Waals surface area contributed by atoms with Crippen molar-refractivity contribution in [2.24, 2.45) is 17.6 Å². The Bertz CT molecular complexity index is 1300. The van der Waals surface area contributed by atoms with Crippen LogP contribution in [0.15, 0.2) is 42.5 Å². The summed E-state index contributed by atoms with van der Waals surface area (Å²) in [5.74, 6) is -3.55. The number of hydrogen-bond acceptors (Lipinski definition) is 5. The number of nitrogens with zero attached hydrogens (tertiary/aromatic N) is 1. The van der Waals surface area contributed by atoms with Crippen molar-refractivity contribution < 1.29 is 24.3 Å². The zero-order chi connectivity index (χ0) is 36.9. The molecule has 0 aliphatic heterocycles. The molecule has 3 atom stereocenters. The highest BCUT2D eigenvalue weighted by Crippen LogP contribution is 2.23. The van der Waals surface area contributed by atoms with Gasteiger partial charge in [-0.3, -0.25) is 19.3 Å². The van der Waals surface area contributed by atoms with E-state index in [-0.39, 0.29) is 24.7 Å². The van der Waals surface area contributed by atoms with E-state index in [2.05, 4.69) is 12.2 Å². The number of carbonyl (C=O) groups is 4. The third kappa shape index (κ3) is 15.3. The summed E-state index contributed by atoms with van der Waals surface area (Å²) in [7, 11) is 0. The molecule has 3 amide bonds. The Morgan fingerprint density at radius 1 is 0.720 bits per heavy atom. The number of fused-ring (bicyclic) bond motifs is 1. The molecule has 0 radical (unpaired) electrons. The zero-order valence-corrected chi connectivity index (χ0v) is 31.8. The average molecular weight is 694 g/mol. The molecule has 280 valence electrons. The van der Waals surface area contributed by atoms with Gasteiger partial charge in [0.25, 0.3) is 5.91 Å². The molecule has 8 nitrogen and oxygen atoms in total. The van der Waals surface area contributed by atoms with Gasteiger partial charge in [-0.25, -0.2) is 4.79 Å². The second-order valence-electron chi connectivity index (χ2n) is 15.0. The lowest BCUT2D eigenvalue weighted by Crippen LogP contribution is -2.61. The average Bonchev–Trinajstić information content (AvgIpc) is 3.07. The number of nitrogens with two attached hydrogens (primary N) is 1. The number of carboxylic acids is 1. The summed E-state index contributed by atoms with van der Waals surface area (Å²) in [4.78, 5) is 54.8. The molecule has 2 rings (SSSR count). The molecule has 2 aromatic rings. The third-order valence-electron chi connectivity index (χ3n) is 9.62. The summed E-state index contributed by atoms with van der Waals surface area (Å²) in [6.07, 6.45) is 19.1. The van der Waals surface area contributed by atoms with Gasteiger partial charge in [0, 0.05) is 12.8 Å². The molecule has 0 spiro atoms. The maximum atomic E-state index is 14.4. The number of rotatable bonds is 26. The lowest BCUT2D eigenvalue weighted by molar-refractivity contribution is -0.162. The Balaban J connectivity index is 2.05. The molecule has 2 aromatic carbocycles. The molecule has 50 heavy (non-hydrogen) atoms. The fraction of sp³-hybridized carbons (Fsp3) is 0.667. The molecule has 0 aliphatic rings. The quantitative estimate of drug-likeness (QED) is 0.0844. The number of nitrogens with one attached hydrogen (secondary N) is 1. The van der Waals surface area contributed by atoms with Gasteiger partial charge in [0.15, 0.2) is 0 Å². The second kappa shape index (κ2) is 24.0. The molecule has 0 aromatic heterocycles. The van der Waals surface area contributed by atoms with Crippen molar-refractivity contribution in [2.45, 2.75) is 168 Å². The van der Waals surface area contributed by atoms with E-state index in [1.54, 1.807) is 13.8 Å². The van der Waals surface area contributed by atoms with Crippen LogP contribution in [0.5, 0.6) is 0 Å². The Morgan fingerprint density at radius 3 is 1.76 bits per heavy atom. The largest absolute Gasteiger partial charge is 0.480 e. The van der Waals surface area contributed by atoms with Gasteiger partial charge in [0.2, 0.25) is 11.8 Å². The number of hydrogen-bond donors (Lipinski definition) is 3. The summed E-state index contributed by atoms with van der Waals surface area (Å²) in [6.45, 7) is 9.41. The molecule has 0 saturated carbocycles. The summed E-state index contributed by atoms with van der Waals surface area (Å²) in [6, 6.07) is 9.95. The first-order valence-corrected chi connectivity index (χ1v) is 19.6. The number of carbonyl (C=O) groups excluding carboxylic acids is 3. The Labute approximate surface area is 302 Å². The van der Waals surface area contributed by atoms with Gasteiger partial charge in [-0.05, 0) is 41.0 Å². The molecule has 0 saturated heterocycles. The van der Waals surface area contributed by atoms with Gasteiger partial charge in [-0.1, -0.05) is 167 Å². The number of carboxylic acid groups (broad SMARTS) is 1. The highest BCUT2D eigenvalue weighted by atomic mass is 16.4. The summed E-state index contributed by atoms with van der Waals surface area (Å²) in [5.41, 5.74) is 7.09. The van der Waals surface area contributed by atoms with Crippen LogP contribution < -0.4 is 11.1 Å². The van der Waals surface area contributed by atoms with Gasteiger partial charge >= 0.3 is 5.97 Å². The minimum atomic E-state index is -1.42. The van der Waals surface area contributed by atoms with Crippen LogP contribution >= 0.6 is 0 Å². The van der Waals surface area contributed by atoms with Crippen molar-refractivity contribution >= 4 is 34.5 Å². The maximum absolute atomic E-state index is 14.4. The van der Waals surface area contributed by atoms with Crippen molar-refractivity contribution in [3.05, 3.63) is 48.0 Å².